The third-order valence-electron chi connectivity index (χ3n) is 5.81. The van der Waals surface area contributed by atoms with Crippen LogP contribution in [0.15, 0.2) is 47.4 Å². The molecule has 1 heterocycles. The van der Waals surface area contributed by atoms with E-state index in [1.165, 1.54) is 0 Å². The van der Waals surface area contributed by atoms with Crippen LogP contribution in [-0.4, -0.2) is 20.9 Å². The molecule has 148 valence electrons. The van der Waals surface area contributed by atoms with Crippen molar-refractivity contribution in [3.63, 3.8) is 0 Å². The lowest BCUT2D eigenvalue weighted by atomic mass is 9.83. The van der Waals surface area contributed by atoms with Crippen molar-refractivity contribution in [1.82, 2.24) is 0 Å². The van der Waals surface area contributed by atoms with Crippen molar-refractivity contribution < 1.29 is 13.2 Å². The number of benzene rings is 2. The summed E-state index contributed by atoms with van der Waals surface area (Å²) in [7, 11) is -3.67. The molecular formula is C22H26N2O3S. The van der Waals surface area contributed by atoms with Crippen molar-refractivity contribution in [2.24, 2.45) is 5.92 Å². The Morgan fingerprint density at radius 2 is 1.86 bits per heavy atom. The molecule has 1 N–H and O–H groups in total. The number of carbonyl (C=O) groups is 1. The smallest absolute Gasteiger partial charge is 0.261 e. The third-order valence-corrected chi connectivity index (χ3v) is 7.19. The molecule has 28 heavy (non-hydrogen) atoms. The number of sulfonamides is 1. The van der Waals surface area contributed by atoms with Crippen LogP contribution in [0.4, 0.5) is 11.4 Å². The number of hydrogen-bond donors (Lipinski definition) is 1. The number of rotatable bonds is 5. The van der Waals surface area contributed by atoms with Gasteiger partial charge in [-0.05, 0) is 73.6 Å². The van der Waals surface area contributed by atoms with Crippen LogP contribution in [0, 0.1) is 5.92 Å². The van der Waals surface area contributed by atoms with E-state index >= 15 is 0 Å². The maximum absolute atomic E-state index is 12.8. The standard InChI is InChI=1S/C22H26N2O3S/c1-2-16-8-10-19(11-9-16)23-28(26,27)20-12-13-21-18(15-20)7-4-14-24(21)22(25)17-5-3-6-17/h8-13,15,17,23H,2-7,14H2,1H3. The molecule has 0 bridgehead atoms. The van der Waals surface area contributed by atoms with Crippen LogP contribution in [0.1, 0.15) is 43.7 Å². The SMILES string of the molecule is CCc1ccc(NS(=O)(=O)c2ccc3c(c2)CCCN3C(=O)C2CCC2)cc1. The molecular weight excluding hydrogens is 372 g/mol. The Hall–Kier alpha value is -2.34. The maximum atomic E-state index is 12.8. The molecule has 6 heteroatoms. The molecule has 1 aliphatic heterocycles. The molecule has 2 aromatic carbocycles. The van der Waals surface area contributed by atoms with Gasteiger partial charge < -0.3 is 4.90 Å². The van der Waals surface area contributed by atoms with Gasteiger partial charge in [-0.25, -0.2) is 8.42 Å². The molecule has 0 atom stereocenters. The molecule has 1 fully saturated rings. The van der Waals surface area contributed by atoms with Crippen LogP contribution < -0.4 is 9.62 Å². The van der Waals surface area contributed by atoms with E-state index in [0.717, 1.165) is 61.9 Å². The summed E-state index contributed by atoms with van der Waals surface area (Å²) >= 11 is 0. The molecule has 1 aliphatic carbocycles. The van der Waals surface area contributed by atoms with Crippen molar-refractivity contribution in [2.45, 2.75) is 50.3 Å². The summed E-state index contributed by atoms with van der Waals surface area (Å²) in [5.74, 6) is 0.332. The van der Waals surface area contributed by atoms with Crippen molar-refractivity contribution in [1.29, 1.82) is 0 Å². The van der Waals surface area contributed by atoms with Gasteiger partial charge in [0.15, 0.2) is 0 Å². The monoisotopic (exact) mass is 398 g/mol. The Labute approximate surface area is 166 Å². The van der Waals surface area contributed by atoms with E-state index in [2.05, 4.69) is 11.6 Å². The fourth-order valence-electron chi connectivity index (χ4n) is 3.87. The lowest BCUT2D eigenvalue weighted by Gasteiger charge is -2.35. The zero-order valence-corrected chi connectivity index (χ0v) is 17.0. The Morgan fingerprint density at radius 3 is 2.50 bits per heavy atom. The summed E-state index contributed by atoms with van der Waals surface area (Å²) in [5, 5.41) is 0. The minimum absolute atomic E-state index is 0.141. The van der Waals surface area contributed by atoms with E-state index < -0.39 is 10.0 Å². The van der Waals surface area contributed by atoms with Crippen molar-refractivity contribution in [3.8, 4) is 0 Å². The van der Waals surface area contributed by atoms with Crippen LogP contribution in [-0.2, 0) is 27.7 Å². The number of carbonyl (C=O) groups excluding carboxylic acids is 1. The van der Waals surface area contributed by atoms with E-state index in [-0.39, 0.29) is 16.7 Å². The minimum atomic E-state index is -3.67. The van der Waals surface area contributed by atoms with Gasteiger partial charge >= 0.3 is 0 Å². The second-order valence-corrected chi connectivity index (χ2v) is 9.35. The zero-order valence-electron chi connectivity index (χ0n) is 16.1. The van der Waals surface area contributed by atoms with Gasteiger partial charge in [0.05, 0.1) is 4.90 Å². The summed E-state index contributed by atoms with van der Waals surface area (Å²) < 4.78 is 28.3. The van der Waals surface area contributed by atoms with Crippen molar-refractivity contribution in [2.75, 3.05) is 16.2 Å². The number of fused-ring (bicyclic) bond motifs is 1. The molecule has 0 radical (unpaired) electrons. The fraction of sp³-hybridized carbons (Fsp3) is 0.409. The number of nitrogens with one attached hydrogen (secondary N) is 1. The highest BCUT2D eigenvalue weighted by Gasteiger charge is 2.32. The first kappa shape index (κ1) is 19.0. The maximum Gasteiger partial charge on any atom is 0.261 e. The average Bonchev–Trinajstić information content (AvgIpc) is 2.66. The Bertz CT molecular complexity index is 979. The highest BCUT2D eigenvalue weighted by atomic mass is 32.2. The Kier molecular flexibility index (Phi) is 5.15. The number of amides is 1. The minimum Gasteiger partial charge on any atom is -0.312 e. The van der Waals surface area contributed by atoms with Crippen molar-refractivity contribution >= 4 is 27.3 Å². The normalized spacial score (nSPS) is 17.0. The third kappa shape index (κ3) is 3.65. The lowest BCUT2D eigenvalue weighted by Crippen LogP contribution is -2.41. The molecule has 0 unspecified atom stereocenters. The van der Waals surface area contributed by atoms with Gasteiger partial charge in [0.25, 0.3) is 10.0 Å². The highest BCUT2D eigenvalue weighted by Crippen LogP contribution is 2.35. The van der Waals surface area contributed by atoms with Gasteiger partial charge in [-0.1, -0.05) is 25.5 Å². The predicted octanol–water partition coefficient (Wildman–Crippen LogP) is 4.13. The molecule has 1 amide bonds. The fourth-order valence-corrected chi connectivity index (χ4v) is 4.98. The Balaban J connectivity index is 1.57. The summed E-state index contributed by atoms with van der Waals surface area (Å²) in [6.07, 6.45) is 5.63. The van der Waals surface area contributed by atoms with Crippen molar-refractivity contribution in [3.05, 3.63) is 53.6 Å². The van der Waals surface area contributed by atoms with Crippen LogP contribution in [0.5, 0.6) is 0 Å². The average molecular weight is 399 g/mol. The molecule has 0 saturated heterocycles. The Morgan fingerprint density at radius 1 is 1.11 bits per heavy atom. The topological polar surface area (TPSA) is 66.5 Å². The van der Waals surface area contributed by atoms with Crippen LogP contribution >= 0.6 is 0 Å². The second kappa shape index (κ2) is 7.59. The van der Waals surface area contributed by atoms with Crippen LogP contribution in [0.2, 0.25) is 0 Å². The summed E-state index contributed by atoms with van der Waals surface area (Å²) in [6.45, 7) is 2.78. The molecule has 2 aromatic rings. The first-order valence-electron chi connectivity index (χ1n) is 10.0. The van der Waals surface area contributed by atoms with E-state index in [4.69, 9.17) is 0 Å². The van der Waals surface area contributed by atoms with Gasteiger partial charge in [-0.15, -0.1) is 0 Å². The second-order valence-electron chi connectivity index (χ2n) is 7.67. The van der Waals surface area contributed by atoms with Gasteiger partial charge in [-0.3, -0.25) is 9.52 Å². The molecule has 0 spiro atoms. The number of anilines is 2. The number of aryl methyl sites for hydroxylation is 2. The molecule has 5 nitrogen and oxygen atoms in total. The van der Waals surface area contributed by atoms with E-state index in [9.17, 15) is 13.2 Å². The van der Waals surface area contributed by atoms with Gasteiger partial charge in [0.2, 0.25) is 5.91 Å². The van der Waals surface area contributed by atoms with Gasteiger partial charge in [-0.2, -0.15) is 0 Å². The van der Waals surface area contributed by atoms with Gasteiger partial charge in [0, 0.05) is 23.8 Å². The zero-order chi connectivity index (χ0) is 19.7. The summed E-state index contributed by atoms with van der Waals surface area (Å²) in [5.41, 5.74) is 3.52. The summed E-state index contributed by atoms with van der Waals surface area (Å²) in [4.78, 5) is 14.8. The first-order chi connectivity index (χ1) is 13.5. The number of hydrogen-bond acceptors (Lipinski definition) is 3. The number of nitrogens with zero attached hydrogens (tertiary/aromatic N) is 1. The highest BCUT2D eigenvalue weighted by molar-refractivity contribution is 7.92. The quantitative estimate of drug-likeness (QED) is 0.823. The first-order valence-corrected chi connectivity index (χ1v) is 11.5. The van der Waals surface area contributed by atoms with Crippen LogP contribution in [0.3, 0.4) is 0 Å². The molecule has 1 saturated carbocycles. The largest absolute Gasteiger partial charge is 0.312 e. The molecule has 0 aromatic heterocycles. The van der Waals surface area contributed by atoms with E-state index in [1.807, 2.05) is 17.0 Å². The van der Waals surface area contributed by atoms with E-state index in [1.54, 1.807) is 30.3 Å². The lowest BCUT2D eigenvalue weighted by molar-refractivity contribution is -0.124. The predicted molar refractivity (Wildman–Crippen MR) is 111 cm³/mol. The van der Waals surface area contributed by atoms with E-state index in [0.29, 0.717) is 5.69 Å². The van der Waals surface area contributed by atoms with Gasteiger partial charge in [0.1, 0.15) is 0 Å². The molecule has 4 rings (SSSR count). The molecule has 2 aliphatic rings. The summed E-state index contributed by atoms with van der Waals surface area (Å²) in [6, 6.07) is 12.5. The van der Waals surface area contributed by atoms with Crippen LogP contribution in [0.25, 0.3) is 0 Å².